The van der Waals surface area contributed by atoms with Gasteiger partial charge in [-0.2, -0.15) is 0 Å². The van der Waals surface area contributed by atoms with Gasteiger partial charge in [-0.1, -0.05) is 13.8 Å². The Hall–Kier alpha value is -0.680. The molecule has 0 radical (unpaired) electrons. The van der Waals surface area contributed by atoms with Crippen molar-refractivity contribution in [3.05, 3.63) is 16.9 Å². The van der Waals surface area contributed by atoms with Gasteiger partial charge in [-0.3, -0.25) is 0 Å². The highest BCUT2D eigenvalue weighted by atomic mass is 79.9. The van der Waals surface area contributed by atoms with Crippen LogP contribution in [0, 0.1) is 0 Å². The van der Waals surface area contributed by atoms with Crippen LogP contribution < -0.4 is 5.32 Å². The lowest BCUT2D eigenvalue weighted by Gasteiger charge is -2.19. The lowest BCUT2D eigenvalue weighted by molar-refractivity contribution is 0.295. The number of nitrogens with one attached hydrogen (secondary N) is 1. The lowest BCUT2D eigenvalue weighted by atomic mass is 10.2. The Morgan fingerprint density at radius 2 is 1.89 bits per heavy atom. The highest BCUT2D eigenvalue weighted by Crippen LogP contribution is 2.09. The first-order valence-electron chi connectivity index (χ1n) is 6.62. The molecule has 0 aliphatic heterocycles. The summed E-state index contributed by atoms with van der Waals surface area (Å²) in [6.07, 6.45) is 5.86. The fraction of sp³-hybridized carbons (Fsp3) is 0.692. The third-order valence-electron chi connectivity index (χ3n) is 3.00. The summed E-state index contributed by atoms with van der Waals surface area (Å²) in [6, 6.07) is 0.404. The molecule has 1 aromatic rings. The normalized spacial score (nSPS) is 12.7. The van der Waals surface area contributed by atoms with Crippen molar-refractivity contribution < 1.29 is 0 Å². The van der Waals surface area contributed by atoms with Crippen LogP contribution in [0.4, 0.5) is 5.95 Å². The third-order valence-corrected chi connectivity index (χ3v) is 3.41. The molecule has 0 aliphatic carbocycles. The highest BCUT2D eigenvalue weighted by molar-refractivity contribution is 9.10. The molecule has 1 N–H and O–H groups in total. The highest BCUT2D eigenvalue weighted by Gasteiger charge is 2.05. The molecule has 0 fully saturated rings. The molecule has 0 spiro atoms. The van der Waals surface area contributed by atoms with Gasteiger partial charge in [-0.15, -0.1) is 0 Å². The van der Waals surface area contributed by atoms with Gasteiger partial charge in [0.25, 0.3) is 0 Å². The molecule has 0 bridgehead atoms. The molecule has 4 nitrogen and oxygen atoms in total. The Bertz CT molecular complexity index is 324. The fourth-order valence-corrected chi connectivity index (χ4v) is 2.05. The second-order valence-electron chi connectivity index (χ2n) is 4.44. The Morgan fingerprint density at radius 3 is 2.44 bits per heavy atom. The molecule has 0 saturated carbocycles. The van der Waals surface area contributed by atoms with Gasteiger partial charge in [-0.05, 0) is 55.3 Å². The SMILES string of the molecule is CCN(CC)CCCC(C)Nc1ncc(Br)cn1. The molecule has 0 aliphatic rings. The summed E-state index contributed by atoms with van der Waals surface area (Å²) >= 11 is 3.33. The smallest absolute Gasteiger partial charge is 0.222 e. The second kappa shape index (κ2) is 8.43. The quantitative estimate of drug-likeness (QED) is 0.800. The number of aromatic nitrogens is 2. The minimum atomic E-state index is 0.404. The first-order valence-corrected chi connectivity index (χ1v) is 7.41. The van der Waals surface area contributed by atoms with Crippen LogP contribution in [0.1, 0.15) is 33.6 Å². The van der Waals surface area contributed by atoms with Gasteiger partial charge in [0.1, 0.15) is 0 Å². The topological polar surface area (TPSA) is 41.0 Å². The van der Waals surface area contributed by atoms with E-state index in [4.69, 9.17) is 0 Å². The zero-order valence-electron chi connectivity index (χ0n) is 11.5. The molecule has 1 unspecified atom stereocenters. The number of halogens is 1. The molecule has 18 heavy (non-hydrogen) atoms. The van der Waals surface area contributed by atoms with Crippen molar-refractivity contribution in [2.45, 2.75) is 39.7 Å². The first-order chi connectivity index (χ1) is 8.65. The predicted octanol–water partition coefficient (Wildman–Crippen LogP) is 3.16. The van der Waals surface area contributed by atoms with E-state index in [-0.39, 0.29) is 0 Å². The van der Waals surface area contributed by atoms with Crippen molar-refractivity contribution in [3.63, 3.8) is 0 Å². The van der Waals surface area contributed by atoms with Crippen molar-refractivity contribution in [1.82, 2.24) is 14.9 Å². The van der Waals surface area contributed by atoms with E-state index >= 15 is 0 Å². The van der Waals surface area contributed by atoms with Crippen molar-refractivity contribution in [2.75, 3.05) is 25.0 Å². The standard InChI is InChI=1S/C13H23BrN4/c1-4-18(5-2)8-6-7-11(3)17-13-15-9-12(14)10-16-13/h9-11H,4-8H2,1-3H3,(H,15,16,17). The van der Waals surface area contributed by atoms with Crippen molar-refractivity contribution >= 4 is 21.9 Å². The van der Waals surface area contributed by atoms with Crippen LogP contribution in [-0.2, 0) is 0 Å². The van der Waals surface area contributed by atoms with Gasteiger partial charge in [0.15, 0.2) is 0 Å². The van der Waals surface area contributed by atoms with Crippen molar-refractivity contribution in [2.24, 2.45) is 0 Å². The molecule has 0 saturated heterocycles. The molecule has 5 heteroatoms. The van der Waals surface area contributed by atoms with Crippen LogP contribution in [0.3, 0.4) is 0 Å². The molecule has 1 rings (SSSR count). The molecule has 0 amide bonds. The zero-order chi connectivity index (χ0) is 13.4. The summed E-state index contributed by atoms with van der Waals surface area (Å²) in [5.74, 6) is 0.702. The summed E-state index contributed by atoms with van der Waals surface area (Å²) in [4.78, 5) is 10.9. The van der Waals surface area contributed by atoms with Gasteiger partial charge in [-0.25, -0.2) is 9.97 Å². The monoisotopic (exact) mass is 314 g/mol. The first kappa shape index (κ1) is 15.4. The van der Waals surface area contributed by atoms with Gasteiger partial charge in [0, 0.05) is 18.4 Å². The molecule has 102 valence electrons. The lowest BCUT2D eigenvalue weighted by Crippen LogP contribution is -2.25. The Kier molecular flexibility index (Phi) is 7.20. The third kappa shape index (κ3) is 5.78. The van der Waals surface area contributed by atoms with E-state index in [1.165, 1.54) is 13.0 Å². The van der Waals surface area contributed by atoms with E-state index in [9.17, 15) is 0 Å². The van der Waals surface area contributed by atoms with Crippen molar-refractivity contribution in [3.8, 4) is 0 Å². The van der Waals surface area contributed by atoms with Crippen LogP contribution in [0.25, 0.3) is 0 Å². The zero-order valence-corrected chi connectivity index (χ0v) is 13.1. The molecular formula is C13H23BrN4. The van der Waals surface area contributed by atoms with Gasteiger partial charge < -0.3 is 10.2 Å². The Balaban J connectivity index is 2.25. The van der Waals surface area contributed by atoms with Gasteiger partial charge >= 0.3 is 0 Å². The number of nitrogens with zero attached hydrogens (tertiary/aromatic N) is 3. The van der Waals surface area contributed by atoms with Crippen LogP contribution in [0.5, 0.6) is 0 Å². The fourth-order valence-electron chi connectivity index (χ4n) is 1.84. The number of hydrogen-bond acceptors (Lipinski definition) is 4. The maximum atomic E-state index is 4.21. The average Bonchev–Trinajstić information content (AvgIpc) is 2.37. The van der Waals surface area contributed by atoms with Crippen LogP contribution in [0.2, 0.25) is 0 Å². The van der Waals surface area contributed by atoms with E-state index in [0.717, 1.165) is 24.0 Å². The summed E-state index contributed by atoms with van der Waals surface area (Å²) in [5, 5.41) is 3.32. The summed E-state index contributed by atoms with van der Waals surface area (Å²) < 4.78 is 0.905. The van der Waals surface area contributed by atoms with E-state index in [1.807, 2.05) is 0 Å². The minimum Gasteiger partial charge on any atom is -0.352 e. The minimum absolute atomic E-state index is 0.404. The summed E-state index contributed by atoms with van der Waals surface area (Å²) in [7, 11) is 0. The van der Waals surface area contributed by atoms with E-state index in [1.54, 1.807) is 12.4 Å². The number of rotatable bonds is 8. The Labute approximate surface area is 118 Å². The van der Waals surface area contributed by atoms with Crippen LogP contribution in [-0.4, -0.2) is 40.5 Å². The summed E-state index contributed by atoms with van der Waals surface area (Å²) in [5.41, 5.74) is 0. The van der Waals surface area contributed by atoms with E-state index in [2.05, 4.69) is 56.9 Å². The Morgan fingerprint density at radius 1 is 1.28 bits per heavy atom. The van der Waals surface area contributed by atoms with E-state index in [0.29, 0.717) is 12.0 Å². The van der Waals surface area contributed by atoms with Gasteiger partial charge in [0.05, 0.1) is 4.47 Å². The molecule has 1 heterocycles. The predicted molar refractivity (Wildman–Crippen MR) is 79.8 cm³/mol. The summed E-state index contributed by atoms with van der Waals surface area (Å²) in [6.45, 7) is 10.0. The molecular weight excluding hydrogens is 292 g/mol. The van der Waals surface area contributed by atoms with Crippen LogP contribution in [0.15, 0.2) is 16.9 Å². The maximum absolute atomic E-state index is 4.21. The molecule has 0 aromatic carbocycles. The molecule has 1 atom stereocenters. The van der Waals surface area contributed by atoms with Crippen LogP contribution >= 0.6 is 15.9 Å². The average molecular weight is 315 g/mol. The largest absolute Gasteiger partial charge is 0.352 e. The second-order valence-corrected chi connectivity index (χ2v) is 5.36. The number of hydrogen-bond donors (Lipinski definition) is 1. The molecule has 1 aromatic heterocycles. The van der Waals surface area contributed by atoms with Crippen molar-refractivity contribution in [1.29, 1.82) is 0 Å². The van der Waals surface area contributed by atoms with E-state index < -0.39 is 0 Å². The maximum Gasteiger partial charge on any atom is 0.222 e. The van der Waals surface area contributed by atoms with Gasteiger partial charge in [0.2, 0.25) is 5.95 Å². The number of anilines is 1.